The Balaban J connectivity index is 1.87. The molecule has 0 aliphatic carbocycles. The molecular formula is C20H25N3O3. The Morgan fingerprint density at radius 1 is 0.962 bits per heavy atom. The molecule has 0 saturated heterocycles. The summed E-state index contributed by atoms with van der Waals surface area (Å²) in [6.45, 7) is 3.68. The molecule has 0 heterocycles. The van der Waals surface area contributed by atoms with Gasteiger partial charge in [-0.3, -0.25) is 4.79 Å². The molecule has 2 aromatic rings. The first-order valence-corrected chi connectivity index (χ1v) is 8.47. The normalized spacial score (nSPS) is 12.7. The molecular weight excluding hydrogens is 330 g/mol. The van der Waals surface area contributed by atoms with Gasteiger partial charge in [0.15, 0.2) is 0 Å². The Bertz CT molecular complexity index is 732. The van der Waals surface area contributed by atoms with Gasteiger partial charge in [-0.2, -0.15) is 0 Å². The van der Waals surface area contributed by atoms with E-state index < -0.39 is 5.41 Å². The molecule has 0 radical (unpaired) electrons. The lowest BCUT2D eigenvalue weighted by atomic mass is 9.84. The number of hydrogen-bond donors (Lipinski definition) is 4. The summed E-state index contributed by atoms with van der Waals surface area (Å²) in [7, 11) is 0. The van der Waals surface area contributed by atoms with E-state index in [1.165, 1.54) is 6.92 Å². The number of benzene rings is 2. The van der Waals surface area contributed by atoms with Crippen molar-refractivity contribution in [2.24, 2.45) is 5.41 Å². The number of anilines is 2. The highest BCUT2D eigenvalue weighted by Gasteiger charge is 2.24. The molecule has 0 aliphatic rings. The zero-order chi connectivity index (χ0) is 19.0. The standard InChI is InChI=1S/C20H25N3O3/c1-15(25)22-17-8-10-18(11-9-17)23-19(26)21-13-20(2,14-24)12-16-6-4-3-5-7-16/h3-11,24H,12-14H2,1-2H3,(H,22,25)(H2,21,23,26)/t20-/m1/s1. The first kappa shape index (κ1) is 19.5. The summed E-state index contributed by atoms with van der Waals surface area (Å²) in [4.78, 5) is 23.1. The molecule has 0 spiro atoms. The van der Waals surface area contributed by atoms with Crippen LogP contribution in [0.15, 0.2) is 54.6 Å². The first-order valence-electron chi connectivity index (χ1n) is 8.47. The monoisotopic (exact) mass is 355 g/mol. The molecule has 6 heteroatoms. The van der Waals surface area contributed by atoms with Crippen LogP contribution in [0, 0.1) is 5.41 Å². The zero-order valence-electron chi connectivity index (χ0n) is 15.1. The molecule has 26 heavy (non-hydrogen) atoms. The van der Waals surface area contributed by atoms with Gasteiger partial charge in [0, 0.05) is 30.3 Å². The average Bonchev–Trinajstić information content (AvgIpc) is 2.62. The minimum absolute atomic E-state index is 0.0341. The fourth-order valence-corrected chi connectivity index (χ4v) is 2.57. The number of hydrogen-bond acceptors (Lipinski definition) is 3. The number of rotatable bonds is 7. The minimum atomic E-state index is -0.450. The quantitative estimate of drug-likeness (QED) is 0.615. The second-order valence-corrected chi connectivity index (χ2v) is 6.70. The number of carbonyl (C=O) groups is 2. The molecule has 0 aliphatic heterocycles. The Morgan fingerprint density at radius 2 is 1.54 bits per heavy atom. The molecule has 0 fully saturated rings. The number of nitrogens with one attached hydrogen (secondary N) is 3. The van der Waals surface area contributed by atoms with E-state index in [9.17, 15) is 14.7 Å². The van der Waals surface area contributed by atoms with E-state index >= 15 is 0 Å². The van der Waals surface area contributed by atoms with E-state index in [-0.39, 0.29) is 18.5 Å². The lowest BCUT2D eigenvalue weighted by Gasteiger charge is -2.27. The third-order valence-electron chi connectivity index (χ3n) is 3.99. The molecule has 2 aromatic carbocycles. The molecule has 0 unspecified atom stereocenters. The van der Waals surface area contributed by atoms with Crippen molar-refractivity contribution in [3.8, 4) is 0 Å². The number of urea groups is 1. The smallest absolute Gasteiger partial charge is 0.319 e. The van der Waals surface area contributed by atoms with E-state index in [1.54, 1.807) is 24.3 Å². The van der Waals surface area contributed by atoms with Crippen LogP contribution in [0.1, 0.15) is 19.4 Å². The number of aliphatic hydroxyl groups excluding tert-OH is 1. The van der Waals surface area contributed by atoms with E-state index in [1.807, 2.05) is 37.3 Å². The SMILES string of the molecule is CC(=O)Nc1ccc(NC(=O)NC[C@](C)(CO)Cc2ccccc2)cc1. The molecule has 2 rings (SSSR count). The van der Waals surface area contributed by atoms with Crippen molar-refractivity contribution in [3.05, 3.63) is 60.2 Å². The van der Waals surface area contributed by atoms with E-state index in [2.05, 4.69) is 16.0 Å². The number of amides is 3. The summed E-state index contributed by atoms with van der Waals surface area (Å²) in [6, 6.07) is 16.4. The Morgan fingerprint density at radius 3 is 2.08 bits per heavy atom. The molecule has 6 nitrogen and oxygen atoms in total. The number of carbonyl (C=O) groups excluding carboxylic acids is 2. The van der Waals surface area contributed by atoms with Gasteiger partial charge in [-0.15, -0.1) is 0 Å². The van der Waals surface area contributed by atoms with Crippen molar-refractivity contribution in [2.45, 2.75) is 20.3 Å². The Labute approximate surface area is 153 Å². The van der Waals surface area contributed by atoms with Gasteiger partial charge in [-0.05, 0) is 36.2 Å². The van der Waals surface area contributed by atoms with Gasteiger partial charge < -0.3 is 21.1 Å². The van der Waals surface area contributed by atoms with Crippen LogP contribution in [0.25, 0.3) is 0 Å². The summed E-state index contributed by atoms with van der Waals surface area (Å²) in [5.41, 5.74) is 1.94. The van der Waals surface area contributed by atoms with E-state index in [0.29, 0.717) is 24.3 Å². The second-order valence-electron chi connectivity index (χ2n) is 6.70. The van der Waals surface area contributed by atoms with Crippen LogP contribution in [0.3, 0.4) is 0 Å². The summed E-state index contributed by atoms with van der Waals surface area (Å²) in [5, 5.41) is 18.0. The third kappa shape index (κ3) is 6.22. The van der Waals surface area contributed by atoms with Crippen LogP contribution < -0.4 is 16.0 Å². The Kier molecular flexibility index (Phi) is 6.74. The minimum Gasteiger partial charge on any atom is -0.396 e. The van der Waals surface area contributed by atoms with Gasteiger partial charge >= 0.3 is 6.03 Å². The van der Waals surface area contributed by atoms with Crippen LogP contribution in [-0.2, 0) is 11.2 Å². The van der Waals surface area contributed by atoms with Crippen molar-refractivity contribution in [2.75, 3.05) is 23.8 Å². The zero-order valence-corrected chi connectivity index (χ0v) is 15.1. The van der Waals surface area contributed by atoms with Crippen molar-refractivity contribution in [3.63, 3.8) is 0 Å². The summed E-state index contributed by atoms with van der Waals surface area (Å²) < 4.78 is 0. The first-order chi connectivity index (χ1) is 12.4. The van der Waals surface area contributed by atoms with Crippen molar-refractivity contribution >= 4 is 23.3 Å². The molecule has 138 valence electrons. The highest BCUT2D eigenvalue weighted by atomic mass is 16.3. The third-order valence-corrected chi connectivity index (χ3v) is 3.99. The van der Waals surface area contributed by atoms with Crippen molar-refractivity contribution in [1.82, 2.24) is 5.32 Å². The second kappa shape index (κ2) is 9.01. The van der Waals surface area contributed by atoms with Gasteiger partial charge in [0.25, 0.3) is 0 Å². The van der Waals surface area contributed by atoms with E-state index in [4.69, 9.17) is 0 Å². The largest absolute Gasteiger partial charge is 0.396 e. The molecule has 0 aromatic heterocycles. The fourth-order valence-electron chi connectivity index (χ4n) is 2.57. The maximum atomic E-state index is 12.1. The summed E-state index contributed by atoms with van der Waals surface area (Å²) >= 11 is 0. The predicted octanol–water partition coefficient (Wildman–Crippen LogP) is 3.01. The molecule has 4 N–H and O–H groups in total. The predicted molar refractivity (Wildman–Crippen MR) is 103 cm³/mol. The van der Waals surface area contributed by atoms with Crippen LogP contribution >= 0.6 is 0 Å². The van der Waals surface area contributed by atoms with Gasteiger partial charge in [-0.25, -0.2) is 4.79 Å². The van der Waals surface area contributed by atoms with Gasteiger partial charge in [0.2, 0.25) is 5.91 Å². The van der Waals surface area contributed by atoms with Crippen molar-refractivity contribution in [1.29, 1.82) is 0 Å². The van der Waals surface area contributed by atoms with Crippen LogP contribution in [-0.4, -0.2) is 30.2 Å². The maximum absolute atomic E-state index is 12.1. The topological polar surface area (TPSA) is 90.5 Å². The van der Waals surface area contributed by atoms with Gasteiger partial charge in [0.1, 0.15) is 0 Å². The van der Waals surface area contributed by atoms with Crippen LogP contribution in [0.4, 0.5) is 16.2 Å². The molecule has 0 saturated carbocycles. The van der Waals surface area contributed by atoms with Crippen LogP contribution in [0.5, 0.6) is 0 Å². The van der Waals surface area contributed by atoms with Crippen LogP contribution in [0.2, 0.25) is 0 Å². The maximum Gasteiger partial charge on any atom is 0.319 e. The lowest BCUT2D eigenvalue weighted by molar-refractivity contribution is -0.114. The average molecular weight is 355 g/mol. The van der Waals surface area contributed by atoms with Crippen molar-refractivity contribution < 1.29 is 14.7 Å². The summed E-state index contributed by atoms with van der Waals surface area (Å²) in [5.74, 6) is -0.148. The molecule has 3 amide bonds. The molecule has 1 atom stereocenters. The van der Waals surface area contributed by atoms with Gasteiger partial charge in [-0.1, -0.05) is 37.3 Å². The Hall–Kier alpha value is -2.86. The number of aliphatic hydroxyl groups is 1. The fraction of sp³-hybridized carbons (Fsp3) is 0.300. The van der Waals surface area contributed by atoms with Gasteiger partial charge in [0.05, 0.1) is 6.61 Å². The van der Waals surface area contributed by atoms with E-state index in [0.717, 1.165) is 5.56 Å². The highest BCUT2D eigenvalue weighted by molar-refractivity contribution is 5.91. The summed E-state index contributed by atoms with van der Waals surface area (Å²) in [6.07, 6.45) is 0.663. The highest BCUT2D eigenvalue weighted by Crippen LogP contribution is 2.21. The lowest BCUT2D eigenvalue weighted by Crippen LogP contribution is -2.41. The molecule has 0 bridgehead atoms.